The van der Waals surface area contributed by atoms with Crippen LogP contribution in [0.3, 0.4) is 0 Å². The molecule has 0 atom stereocenters. The summed E-state index contributed by atoms with van der Waals surface area (Å²) in [6.07, 6.45) is 0. The Balaban J connectivity index is 1.41. The van der Waals surface area contributed by atoms with E-state index in [0.29, 0.717) is 11.5 Å². The highest BCUT2D eigenvalue weighted by atomic mass is 79.9. The summed E-state index contributed by atoms with van der Waals surface area (Å²) >= 11 is 3.52. The average Bonchev–Trinajstić information content (AvgIpc) is 2.75. The number of hydrogen-bond acceptors (Lipinski definition) is 3. The standard InChI is InChI=1S/C24H17BrO3/c25-22-14-15-23(21-9-5-4-8-20(21)22)28-24(26)16-27-19-12-10-18(11-13-19)17-6-2-1-3-7-17/h1-15H,16H2. The lowest BCUT2D eigenvalue weighted by molar-refractivity contribution is -0.136. The molecule has 4 aromatic carbocycles. The van der Waals surface area contributed by atoms with Gasteiger partial charge in [0.1, 0.15) is 11.5 Å². The molecule has 0 N–H and O–H groups in total. The number of carbonyl (C=O) groups excluding carboxylic acids is 1. The molecule has 4 rings (SSSR count). The van der Waals surface area contributed by atoms with Crippen molar-refractivity contribution in [3.63, 3.8) is 0 Å². The highest BCUT2D eigenvalue weighted by Crippen LogP contribution is 2.31. The molecular formula is C24H17BrO3. The van der Waals surface area contributed by atoms with Gasteiger partial charge in [-0.25, -0.2) is 4.79 Å². The second kappa shape index (κ2) is 8.28. The van der Waals surface area contributed by atoms with Crippen LogP contribution in [0.1, 0.15) is 0 Å². The Bertz CT molecular complexity index is 1110. The maximum atomic E-state index is 12.2. The normalized spacial score (nSPS) is 10.6. The van der Waals surface area contributed by atoms with Gasteiger partial charge in [-0.2, -0.15) is 0 Å². The lowest BCUT2D eigenvalue weighted by Crippen LogP contribution is -2.17. The summed E-state index contributed by atoms with van der Waals surface area (Å²) in [7, 11) is 0. The molecule has 0 radical (unpaired) electrons. The van der Waals surface area contributed by atoms with Gasteiger partial charge in [-0.1, -0.05) is 82.7 Å². The molecule has 138 valence electrons. The topological polar surface area (TPSA) is 35.5 Å². The summed E-state index contributed by atoms with van der Waals surface area (Å²) in [5.74, 6) is 0.698. The van der Waals surface area contributed by atoms with Crippen molar-refractivity contribution >= 4 is 32.7 Å². The first-order valence-corrected chi connectivity index (χ1v) is 9.66. The molecule has 0 unspecified atom stereocenters. The molecule has 0 fully saturated rings. The summed E-state index contributed by atoms with van der Waals surface area (Å²) in [6, 6.07) is 29.1. The predicted octanol–water partition coefficient (Wildman–Crippen LogP) is 6.25. The van der Waals surface area contributed by atoms with Gasteiger partial charge in [0.2, 0.25) is 0 Å². The number of halogens is 1. The lowest BCUT2D eigenvalue weighted by Gasteiger charge is -2.10. The molecule has 3 nitrogen and oxygen atoms in total. The van der Waals surface area contributed by atoms with Crippen LogP contribution < -0.4 is 9.47 Å². The Kier molecular flexibility index (Phi) is 5.40. The van der Waals surface area contributed by atoms with Crippen LogP contribution in [-0.2, 0) is 4.79 Å². The van der Waals surface area contributed by atoms with Gasteiger partial charge < -0.3 is 9.47 Å². The molecular weight excluding hydrogens is 416 g/mol. The van der Waals surface area contributed by atoms with E-state index in [2.05, 4.69) is 28.1 Å². The van der Waals surface area contributed by atoms with Crippen LogP contribution in [-0.4, -0.2) is 12.6 Å². The van der Waals surface area contributed by atoms with E-state index in [1.807, 2.05) is 72.8 Å². The first-order chi connectivity index (χ1) is 13.7. The summed E-state index contributed by atoms with van der Waals surface area (Å²) in [5, 5.41) is 1.86. The highest BCUT2D eigenvalue weighted by molar-refractivity contribution is 9.10. The first-order valence-electron chi connectivity index (χ1n) is 8.87. The van der Waals surface area contributed by atoms with E-state index >= 15 is 0 Å². The van der Waals surface area contributed by atoms with Crippen molar-refractivity contribution in [1.29, 1.82) is 0 Å². The highest BCUT2D eigenvalue weighted by Gasteiger charge is 2.11. The van der Waals surface area contributed by atoms with E-state index in [-0.39, 0.29) is 6.61 Å². The van der Waals surface area contributed by atoms with E-state index in [1.54, 1.807) is 6.07 Å². The largest absolute Gasteiger partial charge is 0.482 e. The van der Waals surface area contributed by atoms with Crippen LogP contribution in [0.15, 0.2) is 95.5 Å². The van der Waals surface area contributed by atoms with Crippen LogP contribution in [0.25, 0.3) is 21.9 Å². The number of benzene rings is 4. The average molecular weight is 433 g/mol. The SMILES string of the molecule is O=C(COc1ccc(-c2ccccc2)cc1)Oc1ccc(Br)c2ccccc12. The smallest absolute Gasteiger partial charge is 0.349 e. The van der Waals surface area contributed by atoms with Crippen LogP contribution >= 0.6 is 15.9 Å². The molecule has 4 aromatic rings. The second-order valence-electron chi connectivity index (χ2n) is 6.24. The summed E-state index contributed by atoms with van der Waals surface area (Å²) in [6.45, 7) is -0.158. The fraction of sp³-hybridized carbons (Fsp3) is 0.0417. The number of fused-ring (bicyclic) bond motifs is 1. The van der Waals surface area contributed by atoms with Crippen LogP contribution in [0, 0.1) is 0 Å². The van der Waals surface area contributed by atoms with E-state index in [0.717, 1.165) is 26.4 Å². The number of rotatable bonds is 5. The molecule has 4 heteroatoms. The molecule has 0 aromatic heterocycles. The van der Waals surface area contributed by atoms with Crippen molar-refractivity contribution in [2.24, 2.45) is 0 Å². The molecule has 0 aliphatic rings. The zero-order chi connectivity index (χ0) is 19.3. The number of ether oxygens (including phenoxy) is 2. The molecule has 0 aliphatic carbocycles. The van der Waals surface area contributed by atoms with E-state index in [1.165, 1.54) is 0 Å². The van der Waals surface area contributed by atoms with E-state index in [9.17, 15) is 4.79 Å². The van der Waals surface area contributed by atoms with Gasteiger partial charge >= 0.3 is 5.97 Å². The second-order valence-corrected chi connectivity index (χ2v) is 7.10. The summed E-state index contributed by atoms with van der Waals surface area (Å²) < 4.78 is 12.1. The third-order valence-electron chi connectivity index (χ3n) is 4.37. The minimum Gasteiger partial charge on any atom is -0.482 e. The van der Waals surface area contributed by atoms with Gasteiger partial charge in [0.05, 0.1) is 0 Å². The van der Waals surface area contributed by atoms with E-state index in [4.69, 9.17) is 9.47 Å². The quantitative estimate of drug-likeness (QED) is 0.276. The minimum absolute atomic E-state index is 0.158. The molecule has 0 heterocycles. The zero-order valence-electron chi connectivity index (χ0n) is 15.0. The van der Waals surface area contributed by atoms with Crippen molar-refractivity contribution < 1.29 is 14.3 Å². The number of hydrogen-bond donors (Lipinski definition) is 0. The Hall–Kier alpha value is -3.11. The predicted molar refractivity (Wildman–Crippen MR) is 115 cm³/mol. The fourth-order valence-electron chi connectivity index (χ4n) is 2.99. The van der Waals surface area contributed by atoms with Gasteiger partial charge in [0.15, 0.2) is 6.61 Å². The van der Waals surface area contributed by atoms with Crippen molar-refractivity contribution in [1.82, 2.24) is 0 Å². The Morgan fingerprint density at radius 3 is 2.11 bits per heavy atom. The maximum Gasteiger partial charge on any atom is 0.349 e. The van der Waals surface area contributed by atoms with Crippen molar-refractivity contribution in [3.8, 4) is 22.6 Å². The van der Waals surface area contributed by atoms with Crippen LogP contribution in [0.5, 0.6) is 11.5 Å². The van der Waals surface area contributed by atoms with Crippen molar-refractivity contribution in [2.45, 2.75) is 0 Å². The Morgan fingerprint density at radius 2 is 1.36 bits per heavy atom. The molecule has 0 amide bonds. The fourth-order valence-corrected chi connectivity index (χ4v) is 3.47. The molecule has 0 saturated heterocycles. The minimum atomic E-state index is -0.445. The summed E-state index contributed by atoms with van der Waals surface area (Å²) in [5.41, 5.74) is 2.23. The summed E-state index contributed by atoms with van der Waals surface area (Å²) in [4.78, 5) is 12.2. The van der Waals surface area contributed by atoms with Gasteiger partial charge in [-0.15, -0.1) is 0 Å². The number of carbonyl (C=O) groups is 1. The van der Waals surface area contributed by atoms with Gasteiger partial charge in [-0.05, 0) is 40.8 Å². The lowest BCUT2D eigenvalue weighted by atomic mass is 10.1. The van der Waals surface area contributed by atoms with Crippen molar-refractivity contribution in [3.05, 3.63) is 95.5 Å². The Labute approximate surface area is 171 Å². The molecule has 28 heavy (non-hydrogen) atoms. The molecule has 0 aliphatic heterocycles. The maximum absolute atomic E-state index is 12.2. The third-order valence-corrected chi connectivity index (χ3v) is 5.06. The molecule has 0 bridgehead atoms. The van der Waals surface area contributed by atoms with Crippen molar-refractivity contribution in [2.75, 3.05) is 6.61 Å². The third kappa shape index (κ3) is 4.07. The number of esters is 1. The van der Waals surface area contributed by atoms with Gasteiger partial charge in [0.25, 0.3) is 0 Å². The van der Waals surface area contributed by atoms with Crippen LogP contribution in [0.2, 0.25) is 0 Å². The Morgan fingerprint density at radius 1 is 0.714 bits per heavy atom. The van der Waals surface area contributed by atoms with Crippen LogP contribution in [0.4, 0.5) is 0 Å². The van der Waals surface area contributed by atoms with Gasteiger partial charge in [0, 0.05) is 9.86 Å². The molecule has 0 spiro atoms. The van der Waals surface area contributed by atoms with E-state index < -0.39 is 5.97 Å². The van der Waals surface area contributed by atoms with Gasteiger partial charge in [-0.3, -0.25) is 0 Å². The first kappa shape index (κ1) is 18.3. The zero-order valence-corrected chi connectivity index (χ0v) is 16.6. The molecule has 0 saturated carbocycles. The monoisotopic (exact) mass is 432 g/mol.